The Morgan fingerprint density at radius 2 is 1.71 bits per heavy atom. The lowest BCUT2D eigenvalue weighted by Crippen LogP contribution is -2.40. The van der Waals surface area contributed by atoms with Gasteiger partial charge in [-0.15, -0.1) is 0 Å². The number of nitrogens with zero attached hydrogens (tertiary/aromatic N) is 3. The Morgan fingerprint density at radius 1 is 1.06 bits per heavy atom. The van der Waals surface area contributed by atoms with Gasteiger partial charge in [0.2, 0.25) is 5.91 Å². The van der Waals surface area contributed by atoms with Gasteiger partial charge in [-0.2, -0.15) is 5.10 Å². The Kier molecular flexibility index (Phi) is 7.83. The van der Waals surface area contributed by atoms with Gasteiger partial charge < -0.3 is 20.3 Å². The predicted molar refractivity (Wildman–Crippen MR) is 135 cm³/mol. The van der Waals surface area contributed by atoms with Gasteiger partial charge in [0.05, 0.1) is 18.5 Å². The van der Waals surface area contributed by atoms with Crippen LogP contribution in [-0.2, 0) is 10.2 Å². The average Bonchev–Trinajstić information content (AvgIpc) is 3.23. The van der Waals surface area contributed by atoms with E-state index in [2.05, 4.69) is 31.4 Å². The van der Waals surface area contributed by atoms with Crippen LogP contribution < -0.4 is 15.4 Å². The van der Waals surface area contributed by atoms with E-state index in [1.807, 2.05) is 37.3 Å². The predicted octanol–water partition coefficient (Wildman–Crippen LogP) is 5.32. The van der Waals surface area contributed by atoms with Crippen LogP contribution in [0.3, 0.4) is 0 Å². The molecule has 1 heterocycles. The Labute approximate surface area is 204 Å². The van der Waals surface area contributed by atoms with Crippen molar-refractivity contribution in [3.05, 3.63) is 65.3 Å². The van der Waals surface area contributed by atoms with E-state index in [0.29, 0.717) is 23.1 Å². The molecule has 2 N–H and O–H groups in total. The molecule has 34 heavy (non-hydrogen) atoms. The average molecular weight is 484 g/mol. The van der Waals surface area contributed by atoms with Crippen LogP contribution >= 0.6 is 11.6 Å². The molecule has 3 rings (SSSR count). The number of aromatic nitrogens is 2. The number of methoxy groups -OCH3 is 1. The molecular formula is C25H30ClN5O3. The molecule has 9 heteroatoms. The molecule has 0 aliphatic heterocycles. The SMILES string of the molecule is CCN(CC(=O)Nc1cc(C(C)(C)C)nn1-c1ccc(OC)cc1)C(=O)Nc1ccc(Cl)cc1. The molecule has 0 saturated heterocycles. The summed E-state index contributed by atoms with van der Waals surface area (Å²) in [6, 6.07) is 15.7. The zero-order chi connectivity index (χ0) is 24.9. The minimum absolute atomic E-state index is 0.117. The first kappa shape index (κ1) is 25.1. The number of halogens is 1. The smallest absolute Gasteiger partial charge is 0.322 e. The van der Waals surface area contributed by atoms with Crippen LogP contribution in [0.4, 0.5) is 16.3 Å². The third-order valence-electron chi connectivity index (χ3n) is 5.16. The molecule has 3 amide bonds. The van der Waals surface area contributed by atoms with E-state index < -0.39 is 0 Å². The highest BCUT2D eigenvalue weighted by atomic mass is 35.5. The molecule has 0 radical (unpaired) electrons. The fourth-order valence-electron chi connectivity index (χ4n) is 3.18. The molecule has 2 aromatic carbocycles. The number of anilines is 2. The number of amides is 3. The van der Waals surface area contributed by atoms with Crippen molar-refractivity contribution in [2.45, 2.75) is 33.1 Å². The van der Waals surface area contributed by atoms with Gasteiger partial charge >= 0.3 is 6.03 Å². The highest BCUT2D eigenvalue weighted by Crippen LogP contribution is 2.27. The Hall–Kier alpha value is -3.52. The third kappa shape index (κ3) is 6.29. The molecule has 0 aliphatic carbocycles. The van der Waals surface area contributed by atoms with E-state index in [-0.39, 0.29) is 23.9 Å². The first-order valence-electron chi connectivity index (χ1n) is 11.0. The number of benzene rings is 2. The maximum absolute atomic E-state index is 12.9. The van der Waals surface area contributed by atoms with E-state index in [0.717, 1.165) is 17.1 Å². The maximum atomic E-state index is 12.9. The second-order valence-electron chi connectivity index (χ2n) is 8.77. The molecule has 0 fully saturated rings. The van der Waals surface area contributed by atoms with Crippen LogP contribution in [0.15, 0.2) is 54.6 Å². The lowest BCUT2D eigenvalue weighted by molar-refractivity contribution is -0.116. The quantitative estimate of drug-likeness (QED) is 0.475. The van der Waals surface area contributed by atoms with Crippen molar-refractivity contribution in [1.29, 1.82) is 0 Å². The summed E-state index contributed by atoms with van der Waals surface area (Å²) in [6.45, 7) is 8.22. The summed E-state index contributed by atoms with van der Waals surface area (Å²) in [6.07, 6.45) is 0. The Balaban J connectivity index is 1.77. The highest BCUT2D eigenvalue weighted by molar-refractivity contribution is 6.30. The summed E-state index contributed by atoms with van der Waals surface area (Å²) in [5.41, 5.74) is 1.98. The normalized spacial score (nSPS) is 11.1. The van der Waals surface area contributed by atoms with Crippen LogP contribution in [0.2, 0.25) is 5.02 Å². The number of carbonyl (C=O) groups is 2. The van der Waals surface area contributed by atoms with Gasteiger partial charge in [-0.25, -0.2) is 9.48 Å². The molecule has 0 bridgehead atoms. The number of hydrogen-bond acceptors (Lipinski definition) is 4. The standard InChI is InChI=1S/C25H30ClN5O3/c1-6-30(24(33)27-18-9-7-17(26)8-10-18)16-23(32)28-22-15-21(25(2,3)4)29-31(22)19-11-13-20(34-5)14-12-19/h7-15H,6,16H2,1-5H3,(H,27,33)(H,28,32). The zero-order valence-corrected chi connectivity index (χ0v) is 20.8. The second kappa shape index (κ2) is 10.6. The summed E-state index contributed by atoms with van der Waals surface area (Å²) in [5, 5.41) is 11.0. The first-order valence-corrected chi connectivity index (χ1v) is 11.3. The number of urea groups is 1. The van der Waals surface area contributed by atoms with Crippen molar-refractivity contribution < 1.29 is 14.3 Å². The van der Waals surface area contributed by atoms with Crippen molar-refractivity contribution in [1.82, 2.24) is 14.7 Å². The van der Waals surface area contributed by atoms with Crippen LogP contribution in [0.5, 0.6) is 5.75 Å². The molecule has 0 saturated carbocycles. The van der Waals surface area contributed by atoms with E-state index in [9.17, 15) is 9.59 Å². The number of hydrogen-bond donors (Lipinski definition) is 2. The third-order valence-corrected chi connectivity index (χ3v) is 5.41. The number of ether oxygens (including phenoxy) is 1. The lowest BCUT2D eigenvalue weighted by atomic mass is 9.92. The molecule has 180 valence electrons. The van der Waals surface area contributed by atoms with Gasteiger partial charge in [0.15, 0.2) is 0 Å². The minimum atomic E-state index is -0.376. The fourth-order valence-corrected chi connectivity index (χ4v) is 3.30. The summed E-state index contributed by atoms with van der Waals surface area (Å²) in [7, 11) is 1.61. The minimum Gasteiger partial charge on any atom is -0.497 e. The molecule has 0 atom stereocenters. The fraction of sp³-hybridized carbons (Fsp3) is 0.320. The summed E-state index contributed by atoms with van der Waals surface area (Å²) in [4.78, 5) is 27.0. The topological polar surface area (TPSA) is 88.5 Å². The van der Waals surface area contributed by atoms with E-state index in [1.54, 1.807) is 36.1 Å². The van der Waals surface area contributed by atoms with Crippen molar-refractivity contribution in [3.8, 4) is 11.4 Å². The van der Waals surface area contributed by atoms with Crippen LogP contribution in [0, 0.1) is 0 Å². The largest absolute Gasteiger partial charge is 0.497 e. The number of likely N-dealkylation sites (N-methyl/N-ethyl adjacent to an activating group) is 1. The monoisotopic (exact) mass is 483 g/mol. The second-order valence-corrected chi connectivity index (χ2v) is 9.21. The molecule has 8 nitrogen and oxygen atoms in total. The van der Waals surface area contributed by atoms with Gasteiger partial charge in [0.25, 0.3) is 0 Å². The first-order chi connectivity index (χ1) is 16.1. The van der Waals surface area contributed by atoms with Crippen LogP contribution in [0.25, 0.3) is 5.69 Å². The zero-order valence-electron chi connectivity index (χ0n) is 20.1. The molecule has 0 unspecified atom stereocenters. The number of rotatable bonds is 7. The highest BCUT2D eigenvalue weighted by Gasteiger charge is 2.23. The molecule has 3 aromatic rings. The van der Waals surface area contributed by atoms with Gasteiger partial charge in [-0.05, 0) is 55.5 Å². The van der Waals surface area contributed by atoms with Gasteiger partial charge in [-0.3, -0.25) is 4.79 Å². The number of carbonyl (C=O) groups excluding carboxylic acids is 2. The molecule has 1 aromatic heterocycles. The van der Waals surface area contributed by atoms with Crippen molar-refractivity contribution >= 4 is 35.0 Å². The molecular weight excluding hydrogens is 454 g/mol. The lowest BCUT2D eigenvalue weighted by Gasteiger charge is -2.21. The van der Waals surface area contributed by atoms with E-state index >= 15 is 0 Å². The van der Waals surface area contributed by atoms with Gasteiger partial charge in [-0.1, -0.05) is 32.4 Å². The van der Waals surface area contributed by atoms with Crippen molar-refractivity contribution in [3.63, 3.8) is 0 Å². The molecule has 0 aliphatic rings. The van der Waals surface area contributed by atoms with Gasteiger partial charge in [0.1, 0.15) is 18.1 Å². The van der Waals surface area contributed by atoms with E-state index in [1.165, 1.54) is 4.90 Å². The van der Waals surface area contributed by atoms with Crippen LogP contribution in [-0.4, -0.2) is 46.8 Å². The summed E-state index contributed by atoms with van der Waals surface area (Å²) < 4.78 is 6.92. The Morgan fingerprint density at radius 3 is 2.26 bits per heavy atom. The Bertz CT molecular complexity index is 1130. The summed E-state index contributed by atoms with van der Waals surface area (Å²) >= 11 is 5.90. The van der Waals surface area contributed by atoms with Crippen LogP contribution in [0.1, 0.15) is 33.4 Å². The van der Waals surface area contributed by atoms with Gasteiger partial charge in [0, 0.05) is 28.7 Å². The van der Waals surface area contributed by atoms with E-state index in [4.69, 9.17) is 21.4 Å². The summed E-state index contributed by atoms with van der Waals surface area (Å²) in [5.74, 6) is 0.917. The molecule has 0 spiro atoms. The number of nitrogens with one attached hydrogen (secondary N) is 2. The maximum Gasteiger partial charge on any atom is 0.322 e. The van der Waals surface area contributed by atoms with Crippen molar-refractivity contribution in [2.75, 3.05) is 30.8 Å². The van der Waals surface area contributed by atoms with Crippen molar-refractivity contribution in [2.24, 2.45) is 0 Å².